The Morgan fingerprint density at radius 3 is 2.75 bits per heavy atom. The van der Waals surface area contributed by atoms with Crippen molar-refractivity contribution < 1.29 is 14.6 Å². The van der Waals surface area contributed by atoms with Crippen LogP contribution in [-0.4, -0.2) is 38.1 Å². The van der Waals surface area contributed by atoms with E-state index in [4.69, 9.17) is 9.47 Å². The molecule has 0 aliphatic rings. The molecule has 0 spiro atoms. The first-order valence-corrected chi connectivity index (χ1v) is 7.63. The molecule has 0 bridgehead atoms. The molecule has 0 aromatic heterocycles. The number of halogens is 1. The van der Waals surface area contributed by atoms with Crippen molar-refractivity contribution in [3.8, 4) is 5.75 Å². The summed E-state index contributed by atoms with van der Waals surface area (Å²) in [5.41, 5.74) is 2.20. The molecular weight excluding hydrogens is 322 g/mol. The number of aliphatic hydroxyl groups excluding tert-OH is 1. The standard InChI is InChI=1S/C15H24BrNO3/c1-11-8-14(16)9-13(10-17-5-7-19-3)15(11)20-6-4-12(2)18/h8-9,12,17-18H,4-7,10H2,1-3H3. The molecular formula is C15H24BrNO3. The number of aryl methyl sites for hydroxylation is 1. The molecule has 1 aromatic rings. The van der Waals surface area contributed by atoms with E-state index in [1.54, 1.807) is 14.0 Å². The highest BCUT2D eigenvalue weighted by atomic mass is 79.9. The summed E-state index contributed by atoms with van der Waals surface area (Å²) in [6.07, 6.45) is 0.292. The van der Waals surface area contributed by atoms with Crippen LogP contribution in [0.2, 0.25) is 0 Å². The number of hydrogen-bond acceptors (Lipinski definition) is 4. The third-order valence-corrected chi connectivity index (χ3v) is 3.35. The molecule has 2 N–H and O–H groups in total. The molecule has 0 heterocycles. The van der Waals surface area contributed by atoms with Crippen molar-refractivity contribution in [3.05, 3.63) is 27.7 Å². The second kappa shape index (κ2) is 9.34. The Labute approximate surface area is 129 Å². The summed E-state index contributed by atoms with van der Waals surface area (Å²) in [6.45, 7) is 6.53. The van der Waals surface area contributed by atoms with E-state index in [9.17, 15) is 5.11 Å². The molecule has 114 valence electrons. The number of rotatable bonds is 9. The molecule has 5 heteroatoms. The Morgan fingerprint density at radius 1 is 1.35 bits per heavy atom. The summed E-state index contributed by atoms with van der Waals surface area (Å²) >= 11 is 3.51. The van der Waals surface area contributed by atoms with Crippen molar-refractivity contribution in [2.45, 2.75) is 32.9 Å². The van der Waals surface area contributed by atoms with Gasteiger partial charge in [-0.05, 0) is 31.5 Å². The van der Waals surface area contributed by atoms with Gasteiger partial charge in [-0.1, -0.05) is 15.9 Å². The summed E-state index contributed by atoms with van der Waals surface area (Å²) in [6, 6.07) is 4.10. The van der Waals surface area contributed by atoms with Crippen molar-refractivity contribution >= 4 is 15.9 Å². The van der Waals surface area contributed by atoms with Gasteiger partial charge in [0.25, 0.3) is 0 Å². The molecule has 1 aromatic carbocycles. The largest absolute Gasteiger partial charge is 0.493 e. The second-order valence-corrected chi connectivity index (χ2v) is 5.78. The lowest BCUT2D eigenvalue weighted by atomic mass is 10.1. The minimum atomic E-state index is -0.339. The minimum Gasteiger partial charge on any atom is -0.493 e. The van der Waals surface area contributed by atoms with Crippen molar-refractivity contribution in [2.75, 3.05) is 26.9 Å². The molecule has 1 unspecified atom stereocenters. The minimum absolute atomic E-state index is 0.339. The van der Waals surface area contributed by atoms with E-state index >= 15 is 0 Å². The van der Waals surface area contributed by atoms with E-state index in [2.05, 4.69) is 27.3 Å². The monoisotopic (exact) mass is 345 g/mol. The molecule has 20 heavy (non-hydrogen) atoms. The number of methoxy groups -OCH3 is 1. The van der Waals surface area contributed by atoms with E-state index in [1.807, 2.05) is 13.0 Å². The highest BCUT2D eigenvalue weighted by Crippen LogP contribution is 2.28. The van der Waals surface area contributed by atoms with Gasteiger partial charge >= 0.3 is 0 Å². The zero-order valence-electron chi connectivity index (χ0n) is 12.4. The maximum atomic E-state index is 9.30. The summed E-state index contributed by atoms with van der Waals surface area (Å²) in [5, 5.41) is 12.6. The predicted octanol–water partition coefficient (Wildman–Crippen LogP) is 2.64. The average Bonchev–Trinajstić information content (AvgIpc) is 2.37. The molecule has 0 amide bonds. The first-order chi connectivity index (χ1) is 9.54. The van der Waals surface area contributed by atoms with Gasteiger partial charge in [-0.25, -0.2) is 0 Å². The van der Waals surface area contributed by atoms with Gasteiger partial charge in [0, 0.05) is 36.7 Å². The molecule has 0 saturated heterocycles. The van der Waals surface area contributed by atoms with Crippen LogP contribution in [0, 0.1) is 6.92 Å². The summed E-state index contributed by atoms with van der Waals surface area (Å²) < 4.78 is 11.9. The first kappa shape index (κ1) is 17.4. The fourth-order valence-corrected chi connectivity index (χ4v) is 2.49. The third-order valence-electron chi connectivity index (χ3n) is 2.90. The SMILES string of the molecule is COCCNCc1cc(Br)cc(C)c1OCCC(C)O. The number of nitrogens with one attached hydrogen (secondary N) is 1. The van der Waals surface area contributed by atoms with Gasteiger partial charge in [-0.15, -0.1) is 0 Å². The number of benzene rings is 1. The van der Waals surface area contributed by atoms with Gasteiger partial charge in [0.15, 0.2) is 0 Å². The van der Waals surface area contributed by atoms with E-state index in [1.165, 1.54) is 0 Å². The van der Waals surface area contributed by atoms with Gasteiger partial charge in [0.05, 0.1) is 19.3 Å². The maximum absolute atomic E-state index is 9.30. The Bertz CT molecular complexity index is 410. The van der Waals surface area contributed by atoms with Gasteiger partial charge in [-0.2, -0.15) is 0 Å². The van der Waals surface area contributed by atoms with Crippen LogP contribution in [0.15, 0.2) is 16.6 Å². The molecule has 0 radical (unpaired) electrons. The fraction of sp³-hybridized carbons (Fsp3) is 0.600. The summed E-state index contributed by atoms with van der Waals surface area (Å²) in [7, 11) is 1.69. The molecule has 1 atom stereocenters. The van der Waals surface area contributed by atoms with Crippen molar-refractivity contribution in [3.63, 3.8) is 0 Å². The molecule has 1 rings (SSSR count). The van der Waals surface area contributed by atoms with E-state index in [0.717, 1.165) is 34.4 Å². The summed E-state index contributed by atoms with van der Waals surface area (Å²) in [5.74, 6) is 0.902. The Balaban J connectivity index is 2.68. The summed E-state index contributed by atoms with van der Waals surface area (Å²) in [4.78, 5) is 0. The lowest BCUT2D eigenvalue weighted by molar-refractivity contribution is 0.155. The van der Waals surface area contributed by atoms with Crippen LogP contribution in [0.1, 0.15) is 24.5 Å². The zero-order chi connectivity index (χ0) is 15.0. The highest BCUT2D eigenvalue weighted by molar-refractivity contribution is 9.10. The number of ether oxygens (including phenoxy) is 2. The normalized spacial score (nSPS) is 12.4. The number of aliphatic hydroxyl groups is 1. The second-order valence-electron chi connectivity index (χ2n) is 4.87. The Morgan fingerprint density at radius 2 is 2.10 bits per heavy atom. The van der Waals surface area contributed by atoms with Crippen LogP contribution in [0.5, 0.6) is 5.75 Å². The van der Waals surface area contributed by atoms with Crippen molar-refractivity contribution in [1.82, 2.24) is 5.32 Å². The quantitative estimate of drug-likeness (QED) is 0.675. The smallest absolute Gasteiger partial charge is 0.126 e. The Hall–Kier alpha value is -0.620. The molecule has 0 saturated carbocycles. The molecule has 0 fully saturated rings. The molecule has 0 aliphatic heterocycles. The third kappa shape index (κ3) is 6.22. The highest BCUT2D eigenvalue weighted by Gasteiger charge is 2.09. The van der Waals surface area contributed by atoms with Crippen LogP contribution in [-0.2, 0) is 11.3 Å². The van der Waals surface area contributed by atoms with Crippen LogP contribution < -0.4 is 10.1 Å². The van der Waals surface area contributed by atoms with Crippen LogP contribution in [0.25, 0.3) is 0 Å². The van der Waals surface area contributed by atoms with E-state index in [-0.39, 0.29) is 6.10 Å². The molecule has 0 aliphatic carbocycles. The van der Waals surface area contributed by atoms with Crippen LogP contribution >= 0.6 is 15.9 Å². The van der Waals surface area contributed by atoms with Gasteiger partial charge in [0.1, 0.15) is 5.75 Å². The first-order valence-electron chi connectivity index (χ1n) is 6.84. The van der Waals surface area contributed by atoms with Crippen molar-refractivity contribution in [1.29, 1.82) is 0 Å². The van der Waals surface area contributed by atoms with Gasteiger partial charge < -0.3 is 19.9 Å². The van der Waals surface area contributed by atoms with E-state index in [0.29, 0.717) is 19.6 Å². The predicted molar refractivity (Wildman–Crippen MR) is 84.3 cm³/mol. The maximum Gasteiger partial charge on any atom is 0.126 e. The molecule has 4 nitrogen and oxygen atoms in total. The van der Waals surface area contributed by atoms with Gasteiger partial charge in [-0.3, -0.25) is 0 Å². The van der Waals surface area contributed by atoms with E-state index < -0.39 is 0 Å². The Kier molecular flexibility index (Phi) is 8.14. The van der Waals surface area contributed by atoms with Gasteiger partial charge in [0.2, 0.25) is 0 Å². The van der Waals surface area contributed by atoms with Crippen LogP contribution in [0.3, 0.4) is 0 Å². The van der Waals surface area contributed by atoms with Crippen LogP contribution in [0.4, 0.5) is 0 Å². The van der Waals surface area contributed by atoms with Crippen molar-refractivity contribution in [2.24, 2.45) is 0 Å². The lowest BCUT2D eigenvalue weighted by Gasteiger charge is -2.16. The topological polar surface area (TPSA) is 50.7 Å². The fourth-order valence-electron chi connectivity index (χ4n) is 1.87. The zero-order valence-corrected chi connectivity index (χ0v) is 14.0. The number of hydrogen-bond donors (Lipinski definition) is 2. The lowest BCUT2D eigenvalue weighted by Crippen LogP contribution is -2.19. The average molecular weight is 346 g/mol.